The predicted octanol–water partition coefficient (Wildman–Crippen LogP) is 2.13. The fourth-order valence-corrected chi connectivity index (χ4v) is 5.58. The number of hydrogen-bond acceptors (Lipinski definition) is 4. The molecule has 0 aromatic heterocycles. The molecule has 0 amide bonds. The average molecular weight is 574 g/mol. The second-order valence-electron chi connectivity index (χ2n) is 10.2. The van der Waals surface area contributed by atoms with Gasteiger partial charge in [-0.2, -0.15) is 0 Å². The molecule has 1 rings (SSSR count). The topological polar surface area (TPSA) is 60.4 Å². The molecule has 0 bridgehead atoms. The Morgan fingerprint density at radius 1 is 0.774 bits per heavy atom. The first-order valence-corrected chi connectivity index (χ1v) is 14.2. The van der Waals surface area contributed by atoms with Crippen LogP contribution in [0.1, 0.15) is 96.8 Å². The van der Waals surface area contributed by atoms with Gasteiger partial charge >= 0.3 is 5.97 Å². The van der Waals surface area contributed by atoms with Crippen molar-refractivity contribution in [2.45, 2.75) is 103 Å². The van der Waals surface area contributed by atoms with Crippen LogP contribution in [0.3, 0.4) is 0 Å². The predicted molar refractivity (Wildman–Crippen MR) is 125 cm³/mol. The molecule has 5 nitrogen and oxygen atoms in total. The van der Waals surface area contributed by atoms with Gasteiger partial charge in [0.15, 0.2) is 9.84 Å². The van der Waals surface area contributed by atoms with Crippen molar-refractivity contribution in [1.82, 2.24) is 0 Å². The largest absolute Gasteiger partial charge is 1.00 e. The van der Waals surface area contributed by atoms with Gasteiger partial charge in [-0.3, -0.25) is 4.79 Å². The molecule has 0 unspecified atom stereocenters. The lowest BCUT2D eigenvalue weighted by atomic mass is 9.87. The monoisotopic (exact) mass is 573 g/mol. The van der Waals surface area contributed by atoms with Gasteiger partial charge in [-0.1, -0.05) is 64.7 Å². The summed E-state index contributed by atoms with van der Waals surface area (Å²) in [6.45, 7) is 3.12. The highest BCUT2D eigenvalue weighted by Gasteiger charge is 2.40. The molecule has 0 aromatic rings. The SMILES string of the molecule is CCCCCCCCCC[C@@H]1C(=O)O[C@H]1CCCCCS(=O)(=O)CCC[N+](C)(C)C.[I-]. The van der Waals surface area contributed by atoms with Crippen molar-refractivity contribution in [2.24, 2.45) is 5.92 Å². The number of quaternary nitrogens is 1. The van der Waals surface area contributed by atoms with Gasteiger partial charge in [0.1, 0.15) is 6.10 Å². The minimum absolute atomic E-state index is 0. The molecule has 31 heavy (non-hydrogen) atoms. The third kappa shape index (κ3) is 15.6. The molecular formula is C24H48INO4S. The first kappa shape index (κ1) is 31.1. The van der Waals surface area contributed by atoms with Gasteiger partial charge in [0.2, 0.25) is 0 Å². The average Bonchev–Trinajstić information content (AvgIpc) is 2.64. The first-order chi connectivity index (χ1) is 14.1. The Bertz CT molecular complexity index is 575. The van der Waals surface area contributed by atoms with E-state index in [0.29, 0.717) is 5.75 Å². The van der Waals surface area contributed by atoms with Gasteiger partial charge in [0, 0.05) is 6.42 Å². The Morgan fingerprint density at radius 2 is 1.29 bits per heavy atom. The van der Waals surface area contributed by atoms with E-state index in [0.717, 1.165) is 56.0 Å². The van der Waals surface area contributed by atoms with Gasteiger partial charge in [0.05, 0.1) is 45.1 Å². The lowest BCUT2D eigenvalue weighted by Gasteiger charge is -2.35. The van der Waals surface area contributed by atoms with Crippen molar-refractivity contribution >= 4 is 15.8 Å². The molecule has 0 aliphatic carbocycles. The van der Waals surface area contributed by atoms with Crippen molar-refractivity contribution in [1.29, 1.82) is 0 Å². The van der Waals surface area contributed by atoms with Crippen LogP contribution in [0.15, 0.2) is 0 Å². The van der Waals surface area contributed by atoms with Gasteiger partial charge in [-0.25, -0.2) is 8.42 Å². The number of ether oxygens (including phenoxy) is 1. The van der Waals surface area contributed by atoms with E-state index in [9.17, 15) is 13.2 Å². The number of carbonyl (C=O) groups excluding carboxylic acids is 1. The minimum atomic E-state index is -2.94. The second kappa shape index (κ2) is 16.7. The maximum absolute atomic E-state index is 12.1. The van der Waals surface area contributed by atoms with E-state index in [1.807, 2.05) is 0 Å². The molecule has 1 aliphatic rings. The van der Waals surface area contributed by atoms with Crippen LogP contribution in [-0.4, -0.2) is 64.2 Å². The number of hydrogen-bond donors (Lipinski definition) is 0. The van der Waals surface area contributed by atoms with Crippen LogP contribution < -0.4 is 24.0 Å². The zero-order valence-corrected chi connectivity index (χ0v) is 23.5. The van der Waals surface area contributed by atoms with Crippen LogP contribution in [0.25, 0.3) is 0 Å². The van der Waals surface area contributed by atoms with Crippen LogP contribution >= 0.6 is 0 Å². The van der Waals surface area contributed by atoms with Crippen molar-refractivity contribution < 1.29 is 46.4 Å². The summed E-state index contributed by atoms with van der Waals surface area (Å²) in [5.41, 5.74) is 0. The van der Waals surface area contributed by atoms with Crippen LogP contribution in [0.4, 0.5) is 0 Å². The molecule has 0 saturated carbocycles. The molecule has 0 N–H and O–H groups in total. The molecule has 1 heterocycles. The zero-order valence-electron chi connectivity index (χ0n) is 20.5. The molecule has 1 saturated heterocycles. The Kier molecular flexibility index (Phi) is 16.7. The summed E-state index contributed by atoms with van der Waals surface area (Å²) in [6, 6.07) is 0. The third-order valence-corrected chi connectivity index (χ3v) is 7.94. The van der Waals surface area contributed by atoms with Crippen molar-refractivity contribution in [3.63, 3.8) is 0 Å². The summed E-state index contributed by atoms with van der Waals surface area (Å²) in [7, 11) is 3.32. The normalized spacial score (nSPS) is 18.9. The lowest BCUT2D eigenvalue weighted by Crippen LogP contribution is -3.00. The molecule has 0 spiro atoms. The van der Waals surface area contributed by atoms with E-state index in [1.54, 1.807) is 0 Å². The van der Waals surface area contributed by atoms with E-state index >= 15 is 0 Å². The lowest BCUT2D eigenvalue weighted by molar-refractivity contribution is -0.870. The number of cyclic esters (lactones) is 1. The number of rotatable bonds is 19. The first-order valence-electron chi connectivity index (χ1n) is 12.4. The standard InChI is InChI=1S/C24H48NO4S.HI/c1-5-6-7-8-9-10-11-13-17-22-23(29-24(22)26)18-14-12-15-20-30(27,28)21-16-19-25(2,3)4;/h22-23H,5-21H2,1-4H3;1H/q+1;/p-1/t22-,23-;/m0./s1. The summed E-state index contributed by atoms with van der Waals surface area (Å²) in [4.78, 5) is 11.8. The van der Waals surface area contributed by atoms with E-state index < -0.39 is 9.84 Å². The molecule has 0 radical (unpaired) electrons. The summed E-state index contributed by atoms with van der Waals surface area (Å²) in [5, 5.41) is 0. The number of esters is 1. The van der Waals surface area contributed by atoms with E-state index in [2.05, 4.69) is 28.1 Å². The number of nitrogens with zero attached hydrogens (tertiary/aromatic N) is 1. The molecular weight excluding hydrogens is 525 g/mol. The molecule has 7 heteroatoms. The molecule has 2 atom stereocenters. The molecule has 186 valence electrons. The van der Waals surface area contributed by atoms with Gasteiger partial charge in [-0.15, -0.1) is 0 Å². The van der Waals surface area contributed by atoms with Crippen molar-refractivity contribution in [3.05, 3.63) is 0 Å². The van der Waals surface area contributed by atoms with Gasteiger partial charge < -0.3 is 33.2 Å². The van der Waals surface area contributed by atoms with Crippen LogP contribution in [-0.2, 0) is 19.4 Å². The Hall–Kier alpha value is 0.110. The molecule has 0 aromatic carbocycles. The fraction of sp³-hybridized carbons (Fsp3) is 0.958. The van der Waals surface area contributed by atoms with E-state index in [1.165, 1.54) is 44.9 Å². The van der Waals surface area contributed by atoms with Gasteiger partial charge in [-0.05, 0) is 25.7 Å². The number of unbranched alkanes of at least 4 members (excludes halogenated alkanes) is 9. The highest BCUT2D eigenvalue weighted by Crippen LogP contribution is 2.31. The fourth-order valence-electron chi connectivity index (χ4n) is 4.17. The minimum Gasteiger partial charge on any atom is -1.00 e. The smallest absolute Gasteiger partial charge is 0.313 e. The van der Waals surface area contributed by atoms with Crippen molar-refractivity contribution in [3.8, 4) is 0 Å². The summed E-state index contributed by atoms with van der Waals surface area (Å²) < 4.78 is 30.4. The molecule has 1 fully saturated rings. The maximum atomic E-state index is 12.1. The zero-order chi connectivity index (χ0) is 22.5. The highest BCUT2D eigenvalue weighted by molar-refractivity contribution is 7.91. The molecule has 1 aliphatic heterocycles. The number of sulfone groups is 1. The van der Waals surface area contributed by atoms with Crippen LogP contribution in [0, 0.1) is 5.92 Å². The Balaban J connectivity index is 0.00000900. The van der Waals surface area contributed by atoms with Crippen LogP contribution in [0.2, 0.25) is 0 Å². The quantitative estimate of drug-likeness (QED) is 0.103. The van der Waals surface area contributed by atoms with Gasteiger partial charge in [0.25, 0.3) is 0 Å². The van der Waals surface area contributed by atoms with E-state index in [4.69, 9.17) is 4.74 Å². The Labute approximate surface area is 209 Å². The number of carbonyl (C=O) groups is 1. The Morgan fingerprint density at radius 3 is 1.87 bits per heavy atom. The van der Waals surface area contributed by atoms with Crippen LogP contribution in [0.5, 0.6) is 0 Å². The second-order valence-corrected chi connectivity index (χ2v) is 12.5. The van der Waals surface area contributed by atoms with Crippen molar-refractivity contribution in [2.75, 3.05) is 39.2 Å². The highest BCUT2D eigenvalue weighted by atomic mass is 127. The number of halogens is 1. The maximum Gasteiger partial charge on any atom is 0.313 e. The summed E-state index contributed by atoms with van der Waals surface area (Å²) in [5.74, 6) is 0.645. The third-order valence-electron chi connectivity index (χ3n) is 6.12. The summed E-state index contributed by atoms with van der Waals surface area (Å²) >= 11 is 0. The summed E-state index contributed by atoms with van der Waals surface area (Å²) in [6.07, 6.45) is 15.5. The van der Waals surface area contributed by atoms with E-state index in [-0.39, 0.29) is 47.7 Å².